The van der Waals surface area contributed by atoms with Gasteiger partial charge in [-0.2, -0.15) is 0 Å². The number of nitrogens with one attached hydrogen (secondary N) is 1. The Bertz CT molecular complexity index is 614. The molecule has 1 aromatic heterocycles. The molecule has 1 fully saturated rings. The Morgan fingerprint density at radius 3 is 2.61 bits per heavy atom. The molecule has 0 radical (unpaired) electrons. The van der Waals surface area contributed by atoms with Crippen LogP contribution in [0.3, 0.4) is 0 Å². The van der Waals surface area contributed by atoms with Crippen LogP contribution in [0, 0.1) is 0 Å². The van der Waals surface area contributed by atoms with Crippen LogP contribution < -0.4 is 5.32 Å². The lowest BCUT2D eigenvalue weighted by atomic mass is 10.1. The van der Waals surface area contributed by atoms with E-state index in [1.807, 2.05) is 9.47 Å². The van der Waals surface area contributed by atoms with Crippen molar-refractivity contribution in [1.82, 2.24) is 19.8 Å². The fourth-order valence-electron chi connectivity index (χ4n) is 3.38. The van der Waals surface area contributed by atoms with Gasteiger partial charge in [-0.05, 0) is 38.5 Å². The van der Waals surface area contributed by atoms with Gasteiger partial charge in [0, 0.05) is 26.2 Å². The van der Waals surface area contributed by atoms with Gasteiger partial charge in [0.05, 0.1) is 5.69 Å². The fraction of sp³-hybridized carbons (Fsp3) is 0.588. The first-order valence-corrected chi connectivity index (χ1v) is 8.50. The molecule has 0 saturated carbocycles. The van der Waals surface area contributed by atoms with Crippen LogP contribution >= 0.6 is 0 Å². The van der Waals surface area contributed by atoms with Gasteiger partial charge in [0.1, 0.15) is 5.69 Å². The normalized spacial score (nSPS) is 17.5. The average molecular weight is 316 g/mol. The first-order chi connectivity index (χ1) is 11.2. The van der Waals surface area contributed by atoms with Crippen molar-refractivity contribution in [2.24, 2.45) is 0 Å². The number of hydrogen-bond acceptors (Lipinski definition) is 3. The molecule has 2 aliphatic rings. The number of hydrogen-bond donors (Lipinski definition) is 1. The van der Waals surface area contributed by atoms with Crippen molar-refractivity contribution >= 4 is 11.8 Å². The molecule has 0 atom stereocenters. The van der Waals surface area contributed by atoms with E-state index in [2.05, 4.69) is 16.9 Å². The predicted molar refractivity (Wildman–Crippen MR) is 87.4 cm³/mol. The third-order valence-electron chi connectivity index (χ3n) is 4.57. The lowest BCUT2D eigenvalue weighted by Crippen LogP contribution is -2.36. The maximum absolute atomic E-state index is 12.8. The summed E-state index contributed by atoms with van der Waals surface area (Å²) < 4.78 is 1.93. The largest absolute Gasteiger partial charge is 0.346 e. The van der Waals surface area contributed by atoms with Crippen LogP contribution in [0.25, 0.3) is 0 Å². The van der Waals surface area contributed by atoms with E-state index >= 15 is 0 Å². The molecule has 124 valence electrons. The van der Waals surface area contributed by atoms with E-state index in [0.29, 0.717) is 18.1 Å². The Morgan fingerprint density at radius 1 is 1.13 bits per heavy atom. The second-order valence-corrected chi connectivity index (χ2v) is 6.19. The van der Waals surface area contributed by atoms with Crippen LogP contribution in [0.4, 0.5) is 0 Å². The summed E-state index contributed by atoms with van der Waals surface area (Å²) in [4.78, 5) is 31.5. The number of piperidine rings is 1. The van der Waals surface area contributed by atoms with Crippen LogP contribution in [-0.2, 0) is 13.0 Å². The summed E-state index contributed by atoms with van der Waals surface area (Å²) in [5, 5.41) is 2.77. The summed E-state index contributed by atoms with van der Waals surface area (Å²) >= 11 is 0. The third-order valence-corrected chi connectivity index (χ3v) is 4.57. The molecule has 3 heterocycles. The molecule has 0 aromatic carbocycles. The number of imidazole rings is 1. The molecular formula is C17H24N4O2. The van der Waals surface area contributed by atoms with Crippen molar-refractivity contribution in [3.8, 4) is 0 Å². The predicted octanol–water partition coefficient (Wildman–Crippen LogP) is 1.76. The SMILES string of the molecule is C=CCNC(=O)c1nc(C(=O)N2CCCCC2)c2n1CCCC2. The summed E-state index contributed by atoms with van der Waals surface area (Å²) in [5.74, 6) is 0.116. The number of aromatic nitrogens is 2. The van der Waals surface area contributed by atoms with E-state index in [9.17, 15) is 9.59 Å². The van der Waals surface area contributed by atoms with Crippen molar-refractivity contribution in [2.75, 3.05) is 19.6 Å². The lowest BCUT2D eigenvalue weighted by molar-refractivity contribution is 0.0717. The molecule has 6 nitrogen and oxygen atoms in total. The monoisotopic (exact) mass is 316 g/mol. The Hall–Kier alpha value is -2.11. The number of fused-ring (bicyclic) bond motifs is 1. The van der Waals surface area contributed by atoms with Gasteiger partial charge in [-0.3, -0.25) is 9.59 Å². The van der Waals surface area contributed by atoms with Gasteiger partial charge in [-0.25, -0.2) is 4.98 Å². The van der Waals surface area contributed by atoms with Crippen molar-refractivity contribution in [1.29, 1.82) is 0 Å². The Balaban J connectivity index is 1.90. The molecule has 1 aromatic rings. The highest BCUT2D eigenvalue weighted by Crippen LogP contribution is 2.23. The number of carbonyl (C=O) groups excluding carboxylic acids is 2. The second-order valence-electron chi connectivity index (χ2n) is 6.19. The van der Waals surface area contributed by atoms with Gasteiger partial charge in [-0.15, -0.1) is 6.58 Å². The van der Waals surface area contributed by atoms with E-state index in [1.165, 1.54) is 6.42 Å². The Morgan fingerprint density at radius 2 is 1.87 bits per heavy atom. The zero-order valence-corrected chi connectivity index (χ0v) is 13.5. The van der Waals surface area contributed by atoms with Crippen LogP contribution in [-0.4, -0.2) is 45.9 Å². The van der Waals surface area contributed by atoms with Crippen molar-refractivity contribution in [3.63, 3.8) is 0 Å². The smallest absolute Gasteiger partial charge is 0.287 e. The first-order valence-electron chi connectivity index (χ1n) is 8.50. The van der Waals surface area contributed by atoms with Crippen LogP contribution in [0.15, 0.2) is 12.7 Å². The van der Waals surface area contributed by atoms with E-state index < -0.39 is 0 Å². The molecule has 2 amide bonds. The van der Waals surface area contributed by atoms with Gasteiger partial charge in [-0.1, -0.05) is 6.08 Å². The minimum Gasteiger partial charge on any atom is -0.346 e. The molecule has 0 spiro atoms. The van der Waals surface area contributed by atoms with Gasteiger partial charge >= 0.3 is 0 Å². The van der Waals surface area contributed by atoms with Gasteiger partial charge < -0.3 is 14.8 Å². The van der Waals surface area contributed by atoms with Gasteiger partial charge in [0.25, 0.3) is 11.8 Å². The highest BCUT2D eigenvalue weighted by Gasteiger charge is 2.30. The highest BCUT2D eigenvalue weighted by molar-refractivity contribution is 5.97. The van der Waals surface area contributed by atoms with E-state index in [0.717, 1.165) is 57.4 Å². The number of nitrogens with zero attached hydrogens (tertiary/aromatic N) is 3. The summed E-state index contributed by atoms with van der Waals surface area (Å²) in [7, 11) is 0. The van der Waals surface area contributed by atoms with Crippen molar-refractivity contribution in [3.05, 3.63) is 29.9 Å². The maximum atomic E-state index is 12.8. The molecule has 1 saturated heterocycles. The fourth-order valence-corrected chi connectivity index (χ4v) is 3.38. The molecule has 0 bridgehead atoms. The van der Waals surface area contributed by atoms with Crippen molar-refractivity contribution < 1.29 is 9.59 Å². The molecule has 1 N–H and O–H groups in total. The third kappa shape index (κ3) is 3.16. The molecule has 23 heavy (non-hydrogen) atoms. The number of rotatable bonds is 4. The van der Waals surface area contributed by atoms with E-state index in [1.54, 1.807) is 6.08 Å². The minimum atomic E-state index is -0.231. The molecular weight excluding hydrogens is 292 g/mol. The summed E-state index contributed by atoms with van der Waals surface area (Å²) in [6.45, 7) is 6.35. The lowest BCUT2D eigenvalue weighted by Gasteiger charge is -2.26. The van der Waals surface area contributed by atoms with Gasteiger partial charge in [0.15, 0.2) is 5.82 Å². The number of carbonyl (C=O) groups is 2. The summed E-state index contributed by atoms with van der Waals surface area (Å²) in [6, 6.07) is 0. The summed E-state index contributed by atoms with van der Waals surface area (Å²) in [5.41, 5.74) is 1.41. The number of likely N-dealkylation sites (tertiary alicyclic amines) is 1. The Labute approximate surface area is 136 Å². The molecule has 3 rings (SSSR count). The second kappa shape index (κ2) is 6.98. The first kappa shape index (κ1) is 15.8. The van der Waals surface area contributed by atoms with Crippen molar-refractivity contribution in [2.45, 2.75) is 45.1 Å². The average Bonchev–Trinajstić information content (AvgIpc) is 2.99. The standard InChI is InChI=1S/C17H24N4O2/c1-2-9-18-16(22)15-19-14(13-8-4-7-12-21(13)15)17(23)20-10-5-3-6-11-20/h2H,1,3-12H2,(H,18,22). The molecule has 2 aliphatic heterocycles. The van der Waals surface area contributed by atoms with Crippen LogP contribution in [0.2, 0.25) is 0 Å². The maximum Gasteiger partial charge on any atom is 0.287 e. The number of amides is 2. The molecule has 0 unspecified atom stereocenters. The van der Waals surface area contributed by atoms with Crippen LogP contribution in [0.1, 0.15) is 58.9 Å². The zero-order chi connectivity index (χ0) is 16.2. The summed E-state index contributed by atoms with van der Waals surface area (Å²) in [6.07, 6.45) is 7.79. The molecule has 6 heteroatoms. The topological polar surface area (TPSA) is 67.2 Å². The van der Waals surface area contributed by atoms with Crippen LogP contribution in [0.5, 0.6) is 0 Å². The quantitative estimate of drug-likeness (QED) is 0.861. The van der Waals surface area contributed by atoms with E-state index in [4.69, 9.17) is 0 Å². The van der Waals surface area contributed by atoms with Gasteiger partial charge in [0.2, 0.25) is 0 Å². The molecule has 0 aliphatic carbocycles. The van der Waals surface area contributed by atoms with E-state index in [-0.39, 0.29) is 11.8 Å². The zero-order valence-electron chi connectivity index (χ0n) is 13.5. The Kier molecular flexibility index (Phi) is 4.79. The highest BCUT2D eigenvalue weighted by atomic mass is 16.2. The minimum absolute atomic E-state index is 0.0156.